The number of ether oxygens (including phenoxy) is 1. The van der Waals surface area contributed by atoms with Gasteiger partial charge in [-0.2, -0.15) is 11.3 Å². The highest BCUT2D eigenvalue weighted by Gasteiger charge is 2.20. The Balaban J connectivity index is 1.56. The first-order valence-corrected chi connectivity index (χ1v) is 9.33. The number of hydrogen-bond acceptors (Lipinski definition) is 5. The number of carbonyl (C=O) groups excluding carboxylic acids is 2. The fraction of sp³-hybridized carbons (Fsp3) is 0.368. The average Bonchev–Trinajstić information content (AvgIpc) is 3.08. The molecule has 1 amide bonds. The first-order chi connectivity index (χ1) is 12.2. The molecular formula is C19H22N2O3S. The highest BCUT2D eigenvalue weighted by atomic mass is 32.1. The Morgan fingerprint density at radius 1 is 1.04 bits per heavy atom. The quantitative estimate of drug-likeness (QED) is 0.789. The van der Waals surface area contributed by atoms with Crippen LogP contribution in [0.1, 0.15) is 32.7 Å². The molecule has 0 bridgehead atoms. The number of hydrogen-bond donors (Lipinski definition) is 0. The Bertz CT molecular complexity index is 713. The van der Waals surface area contributed by atoms with Crippen molar-refractivity contribution in [1.29, 1.82) is 0 Å². The van der Waals surface area contributed by atoms with Crippen molar-refractivity contribution < 1.29 is 14.3 Å². The molecule has 1 aromatic heterocycles. The predicted octanol–water partition coefficient (Wildman–Crippen LogP) is 2.88. The van der Waals surface area contributed by atoms with Gasteiger partial charge in [0.1, 0.15) is 0 Å². The zero-order valence-corrected chi connectivity index (χ0v) is 15.1. The van der Waals surface area contributed by atoms with Crippen LogP contribution in [0.3, 0.4) is 0 Å². The molecule has 5 nitrogen and oxygen atoms in total. The molecule has 0 atom stereocenters. The smallest absolute Gasteiger partial charge is 0.337 e. The van der Waals surface area contributed by atoms with E-state index in [1.165, 1.54) is 7.11 Å². The fourth-order valence-corrected chi connectivity index (χ4v) is 3.65. The van der Waals surface area contributed by atoms with Crippen molar-refractivity contribution in [1.82, 2.24) is 9.80 Å². The second-order valence-corrected chi connectivity index (χ2v) is 6.90. The Labute approximate surface area is 151 Å². The van der Waals surface area contributed by atoms with E-state index in [4.69, 9.17) is 4.74 Å². The molecule has 0 radical (unpaired) electrons. The molecular weight excluding hydrogens is 336 g/mol. The summed E-state index contributed by atoms with van der Waals surface area (Å²) in [5.74, 6) is -0.186. The van der Waals surface area contributed by atoms with E-state index in [0.29, 0.717) is 5.56 Å². The summed E-state index contributed by atoms with van der Waals surface area (Å²) in [4.78, 5) is 28.3. The van der Waals surface area contributed by atoms with Crippen LogP contribution in [0.4, 0.5) is 0 Å². The second kappa shape index (κ2) is 8.27. The summed E-state index contributed by atoms with van der Waals surface area (Å²) in [6.45, 7) is 4.18. The van der Waals surface area contributed by atoms with Crippen molar-refractivity contribution in [3.63, 3.8) is 0 Å². The van der Waals surface area contributed by atoms with Crippen LogP contribution in [0.5, 0.6) is 0 Å². The maximum absolute atomic E-state index is 12.5. The molecule has 0 N–H and O–H groups in total. The first kappa shape index (κ1) is 17.6. The standard InChI is InChI=1S/C19H22N2O3S/c1-24-19(23)16-5-3-15(4-6-16)13-20-8-2-9-21(11-10-20)18(22)17-7-12-25-14-17/h3-7,12,14H,2,8-11,13H2,1H3. The second-order valence-electron chi connectivity index (χ2n) is 6.12. The third-order valence-electron chi connectivity index (χ3n) is 4.43. The lowest BCUT2D eigenvalue weighted by molar-refractivity contribution is 0.0600. The minimum absolute atomic E-state index is 0.130. The molecule has 6 heteroatoms. The molecule has 1 saturated heterocycles. The molecule has 1 fully saturated rings. The van der Waals surface area contributed by atoms with E-state index in [9.17, 15) is 9.59 Å². The van der Waals surface area contributed by atoms with Gasteiger partial charge in [0.05, 0.1) is 18.2 Å². The Hall–Kier alpha value is -2.18. The van der Waals surface area contributed by atoms with Crippen molar-refractivity contribution in [2.45, 2.75) is 13.0 Å². The third-order valence-corrected chi connectivity index (χ3v) is 5.11. The number of amides is 1. The van der Waals surface area contributed by atoms with E-state index in [1.54, 1.807) is 23.5 Å². The molecule has 25 heavy (non-hydrogen) atoms. The van der Waals surface area contributed by atoms with Crippen molar-refractivity contribution in [3.8, 4) is 0 Å². The summed E-state index contributed by atoms with van der Waals surface area (Å²) in [7, 11) is 1.39. The summed E-state index contributed by atoms with van der Waals surface area (Å²) in [5, 5.41) is 3.85. The maximum atomic E-state index is 12.5. The van der Waals surface area contributed by atoms with Crippen molar-refractivity contribution >= 4 is 23.2 Å². The van der Waals surface area contributed by atoms with Gasteiger partial charge in [-0.1, -0.05) is 12.1 Å². The van der Waals surface area contributed by atoms with Gasteiger partial charge in [0, 0.05) is 38.1 Å². The molecule has 2 aromatic rings. The van der Waals surface area contributed by atoms with Crippen LogP contribution < -0.4 is 0 Å². The van der Waals surface area contributed by atoms with E-state index in [2.05, 4.69) is 4.90 Å². The lowest BCUT2D eigenvalue weighted by Gasteiger charge is -2.22. The number of esters is 1. The molecule has 2 heterocycles. The summed E-state index contributed by atoms with van der Waals surface area (Å²) in [5.41, 5.74) is 2.51. The molecule has 0 unspecified atom stereocenters. The molecule has 1 aliphatic heterocycles. The third kappa shape index (κ3) is 4.46. The van der Waals surface area contributed by atoms with Crippen LogP contribution >= 0.6 is 11.3 Å². The Morgan fingerprint density at radius 2 is 1.84 bits per heavy atom. The molecule has 0 spiro atoms. The van der Waals surface area contributed by atoms with Crippen LogP contribution in [-0.4, -0.2) is 55.0 Å². The van der Waals surface area contributed by atoms with E-state index < -0.39 is 0 Å². The van der Waals surface area contributed by atoms with Gasteiger partial charge < -0.3 is 9.64 Å². The van der Waals surface area contributed by atoms with E-state index in [0.717, 1.165) is 50.3 Å². The summed E-state index contributed by atoms with van der Waals surface area (Å²) >= 11 is 1.55. The van der Waals surface area contributed by atoms with Gasteiger partial charge in [0.2, 0.25) is 0 Å². The minimum Gasteiger partial charge on any atom is -0.465 e. The van der Waals surface area contributed by atoms with Crippen LogP contribution in [0, 0.1) is 0 Å². The van der Waals surface area contributed by atoms with Crippen molar-refractivity contribution in [2.24, 2.45) is 0 Å². The topological polar surface area (TPSA) is 49.9 Å². The van der Waals surface area contributed by atoms with Gasteiger partial charge >= 0.3 is 5.97 Å². The number of benzene rings is 1. The lowest BCUT2D eigenvalue weighted by atomic mass is 10.1. The average molecular weight is 358 g/mol. The molecule has 1 aromatic carbocycles. The number of nitrogens with zero attached hydrogens (tertiary/aromatic N) is 2. The molecule has 132 valence electrons. The molecule has 3 rings (SSSR count). The van der Waals surface area contributed by atoms with Gasteiger partial charge in [0.15, 0.2) is 0 Å². The SMILES string of the molecule is COC(=O)c1ccc(CN2CCCN(C(=O)c3ccsc3)CC2)cc1. The zero-order chi connectivity index (χ0) is 17.6. The summed E-state index contributed by atoms with van der Waals surface area (Å²) < 4.78 is 4.72. The van der Waals surface area contributed by atoms with Crippen LogP contribution in [-0.2, 0) is 11.3 Å². The van der Waals surface area contributed by atoms with Crippen molar-refractivity contribution in [2.75, 3.05) is 33.3 Å². The first-order valence-electron chi connectivity index (χ1n) is 8.38. The van der Waals surface area contributed by atoms with Gasteiger partial charge in [-0.15, -0.1) is 0 Å². The van der Waals surface area contributed by atoms with E-state index >= 15 is 0 Å². The number of methoxy groups -OCH3 is 1. The Kier molecular flexibility index (Phi) is 5.83. The highest BCUT2D eigenvalue weighted by molar-refractivity contribution is 7.08. The fourth-order valence-electron chi connectivity index (χ4n) is 3.02. The highest BCUT2D eigenvalue weighted by Crippen LogP contribution is 2.14. The van der Waals surface area contributed by atoms with Gasteiger partial charge in [-0.25, -0.2) is 4.79 Å². The lowest BCUT2D eigenvalue weighted by Crippen LogP contribution is -2.34. The number of carbonyl (C=O) groups is 2. The summed E-state index contributed by atoms with van der Waals surface area (Å²) in [6, 6.07) is 9.41. The minimum atomic E-state index is -0.316. The van der Waals surface area contributed by atoms with Gasteiger partial charge in [-0.3, -0.25) is 9.69 Å². The zero-order valence-electron chi connectivity index (χ0n) is 14.3. The normalized spacial score (nSPS) is 15.6. The van der Waals surface area contributed by atoms with E-state index in [1.807, 2.05) is 33.9 Å². The maximum Gasteiger partial charge on any atom is 0.337 e. The largest absolute Gasteiger partial charge is 0.465 e. The van der Waals surface area contributed by atoms with Crippen molar-refractivity contribution in [3.05, 3.63) is 57.8 Å². The summed E-state index contributed by atoms with van der Waals surface area (Å²) in [6.07, 6.45) is 0.968. The Morgan fingerprint density at radius 3 is 2.52 bits per heavy atom. The van der Waals surface area contributed by atoms with Crippen LogP contribution in [0.25, 0.3) is 0 Å². The number of thiophene rings is 1. The number of rotatable bonds is 4. The molecule has 1 aliphatic rings. The van der Waals surface area contributed by atoms with Crippen LogP contribution in [0.15, 0.2) is 41.1 Å². The predicted molar refractivity (Wildman–Crippen MR) is 97.9 cm³/mol. The van der Waals surface area contributed by atoms with Gasteiger partial charge in [-0.05, 0) is 35.6 Å². The molecule has 0 saturated carbocycles. The van der Waals surface area contributed by atoms with E-state index in [-0.39, 0.29) is 11.9 Å². The monoisotopic (exact) mass is 358 g/mol. The van der Waals surface area contributed by atoms with Gasteiger partial charge in [0.25, 0.3) is 5.91 Å². The van der Waals surface area contributed by atoms with Crippen LogP contribution in [0.2, 0.25) is 0 Å². The molecule has 0 aliphatic carbocycles.